The van der Waals surface area contributed by atoms with Gasteiger partial charge in [0.1, 0.15) is 12.1 Å². The van der Waals surface area contributed by atoms with Crippen LogP contribution in [0.1, 0.15) is 62.6 Å². The van der Waals surface area contributed by atoms with Crippen molar-refractivity contribution in [3.8, 4) is 11.8 Å². The van der Waals surface area contributed by atoms with Crippen LogP contribution in [-0.2, 0) is 42.9 Å². The molecule has 0 spiro atoms. The molecule has 2 atom stereocenters. The molecule has 0 unspecified atom stereocenters. The summed E-state index contributed by atoms with van der Waals surface area (Å²) in [6.45, 7) is 10.3. The van der Waals surface area contributed by atoms with E-state index < -0.39 is 35.9 Å². The number of nitrogens with one attached hydrogen (secondary N) is 4. The van der Waals surface area contributed by atoms with Crippen LogP contribution in [0.15, 0.2) is 48.5 Å². The van der Waals surface area contributed by atoms with E-state index in [1.165, 1.54) is 0 Å². The van der Waals surface area contributed by atoms with Gasteiger partial charge in [-0.3, -0.25) is 20.7 Å². The van der Waals surface area contributed by atoms with E-state index in [1.54, 1.807) is 20.1 Å². The zero-order valence-corrected chi connectivity index (χ0v) is 33.8. The Labute approximate surface area is 353 Å². The van der Waals surface area contributed by atoms with Gasteiger partial charge >= 0.3 is 30.9 Å². The number of amides is 5. The average Bonchev–Trinajstić information content (AvgIpc) is 3.18. The van der Waals surface area contributed by atoms with Gasteiger partial charge in [-0.15, -0.1) is 54.4 Å². The Kier molecular flexibility index (Phi) is 31.3. The van der Waals surface area contributed by atoms with E-state index in [9.17, 15) is 33.9 Å². The third-order valence-electron chi connectivity index (χ3n) is 7.52. The number of ether oxygens (including phenoxy) is 4. The molecule has 17 heteroatoms. The molecule has 5 amide bonds. The van der Waals surface area contributed by atoms with Gasteiger partial charge in [0.15, 0.2) is 0 Å². The predicted molar refractivity (Wildman–Crippen MR) is 211 cm³/mol. The summed E-state index contributed by atoms with van der Waals surface area (Å²) in [6.07, 6.45) is 2.21. The Hall–Kier alpha value is -4.87. The van der Waals surface area contributed by atoms with Gasteiger partial charge in [-0.05, 0) is 18.8 Å². The number of hydrogen-bond acceptors (Lipinski definition) is 10. The number of primary amides is 1. The maximum absolute atomic E-state index is 12.7. The minimum atomic E-state index is -1.23. The van der Waals surface area contributed by atoms with Crippen molar-refractivity contribution in [2.45, 2.75) is 58.0 Å². The molecule has 58 heavy (non-hydrogen) atoms. The number of hydrogen-bond donors (Lipinski definition) is 6. The summed E-state index contributed by atoms with van der Waals surface area (Å²) in [5, 5.41) is 19.4. The minimum absolute atomic E-state index is 0. The fraction of sp³-hybridized carbons (Fsp3) is 0.488. The van der Waals surface area contributed by atoms with Crippen LogP contribution in [0.3, 0.4) is 0 Å². The smallest absolute Gasteiger partial charge is 0.542 e. The number of carboxylic acid groups (broad SMARTS) is 1. The minimum Gasteiger partial charge on any atom is -0.542 e. The molecule has 0 bridgehead atoms. The van der Waals surface area contributed by atoms with Gasteiger partial charge in [0, 0.05) is 25.9 Å². The summed E-state index contributed by atoms with van der Waals surface area (Å²) < 4.78 is 21.4. The van der Waals surface area contributed by atoms with Gasteiger partial charge in [-0.1, -0.05) is 25.5 Å². The van der Waals surface area contributed by atoms with Crippen molar-refractivity contribution >= 4 is 36.0 Å². The second-order valence-corrected chi connectivity index (χ2v) is 12.5. The number of nitrogens with two attached hydrogens (primary N) is 1. The molecule has 0 saturated carbocycles. The fourth-order valence-electron chi connectivity index (χ4n) is 4.51. The first-order valence-electron chi connectivity index (χ1n) is 18.6. The second kappa shape index (κ2) is 34.2. The van der Waals surface area contributed by atoms with E-state index in [4.69, 9.17) is 24.7 Å². The second-order valence-electron chi connectivity index (χ2n) is 12.5. The van der Waals surface area contributed by atoms with Crippen LogP contribution in [0, 0.1) is 30.7 Å². The Morgan fingerprint density at radius 3 is 2.00 bits per heavy atom. The van der Waals surface area contributed by atoms with Crippen molar-refractivity contribution in [3.63, 3.8) is 0 Å². The Bertz CT molecular complexity index is 1550. The van der Waals surface area contributed by atoms with Crippen molar-refractivity contribution in [1.82, 2.24) is 21.3 Å². The number of carboxylic acids is 1. The molecule has 2 aromatic carbocycles. The van der Waals surface area contributed by atoms with Gasteiger partial charge in [0.2, 0.25) is 17.7 Å². The monoisotopic (exact) mass is 801 g/mol. The van der Waals surface area contributed by atoms with Crippen molar-refractivity contribution < 1.29 is 71.7 Å². The molecular weight excluding hydrogens is 745 g/mol. The molecule has 7 N–H and O–H groups in total. The van der Waals surface area contributed by atoms with Crippen LogP contribution in [0.2, 0.25) is 0 Å². The van der Waals surface area contributed by atoms with Crippen molar-refractivity contribution in [1.29, 1.82) is 0 Å². The van der Waals surface area contributed by atoms with Crippen LogP contribution < -0.4 is 45.9 Å². The topological polar surface area (TPSA) is 234 Å². The molecule has 0 saturated heterocycles. The van der Waals surface area contributed by atoms with Crippen LogP contribution in [0.25, 0.3) is 0 Å². The number of carbonyl (C=O) groups excluding carboxylic acids is 5. The van der Waals surface area contributed by atoms with Crippen molar-refractivity contribution in [2.24, 2.45) is 11.7 Å². The summed E-state index contributed by atoms with van der Waals surface area (Å²) >= 11 is 0. The summed E-state index contributed by atoms with van der Waals surface area (Å²) in [5.74, 6) is 3.36. The number of benzene rings is 2. The molecule has 0 aliphatic heterocycles. The molecule has 0 radical (unpaired) electrons. The summed E-state index contributed by atoms with van der Waals surface area (Å²) in [4.78, 5) is 68.5. The van der Waals surface area contributed by atoms with Crippen LogP contribution in [-0.4, -0.2) is 119 Å². The molecule has 0 heterocycles. The largest absolute Gasteiger partial charge is 1.00 e. The first kappa shape index (κ1) is 53.1. The van der Waals surface area contributed by atoms with Gasteiger partial charge in [-0.2, -0.15) is 24.5 Å². The number of rotatable bonds is 27. The van der Waals surface area contributed by atoms with Crippen molar-refractivity contribution in [2.75, 3.05) is 65.9 Å². The summed E-state index contributed by atoms with van der Waals surface area (Å²) in [5.41, 5.74) is 7.80. The molecule has 0 aliphatic carbocycles. The molecule has 314 valence electrons. The van der Waals surface area contributed by atoms with E-state index in [-0.39, 0.29) is 82.5 Å². The van der Waals surface area contributed by atoms with Gasteiger partial charge < -0.3 is 55.8 Å². The summed E-state index contributed by atoms with van der Waals surface area (Å²) in [6, 6.07) is 15.8. The van der Waals surface area contributed by atoms with Crippen LogP contribution in [0.4, 0.5) is 4.79 Å². The molecular formula is C41H56LiN5O11-2. The number of carbonyl (C=O) groups is 5. The molecule has 0 aromatic heterocycles. The standard InChI is InChI=1S/C26H46N5O11.C15H10.Li/c1-19(2)23(24(35)30-20(25(36)37)5-3-8-29-26(27)38)31-22(34)7-11-39-13-15-41-17-18-42-16-14-40-12-9-28-21(33)6-4-10-32;1-13-7-5-6-10-15(13)12-11-14-8-3-2-4-9-14;/h19-20,23H,3-9,11-18H2,1-2H3,(H,28,33)(H,30,35)(H,31,34)(H,36,37)(H3,27,29,38);2-8,10H,1H2;/q-1;-2;+1/t20-,23-;;/m0../s1. The molecule has 2 aromatic rings. The molecule has 0 aliphatic rings. The maximum Gasteiger partial charge on any atom is 1.00 e. The first-order valence-corrected chi connectivity index (χ1v) is 18.6. The number of urea groups is 1. The maximum atomic E-state index is 12.7. The van der Waals surface area contributed by atoms with Crippen LogP contribution in [0.5, 0.6) is 0 Å². The van der Waals surface area contributed by atoms with Gasteiger partial charge in [-0.25, -0.2) is 15.5 Å². The van der Waals surface area contributed by atoms with Crippen LogP contribution >= 0.6 is 0 Å². The van der Waals surface area contributed by atoms with Gasteiger partial charge in [0.25, 0.3) is 0 Å². The Balaban J connectivity index is 0.00000167. The Morgan fingerprint density at radius 1 is 0.810 bits per heavy atom. The first-order chi connectivity index (χ1) is 27.4. The Morgan fingerprint density at radius 2 is 1.43 bits per heavy atom. The van der Waals surface area contributed by atoms with E-state index in [0.717, 1.165) is 16.7 Å². The van der Waals surface area contributed by atoms with E-state index in [0.29, 0.717) is 46.2 Å². The zero-order chi connectivity index (χ0) is 42.1. The van der Waals surface area contributed by atoms with E-state index in [1.807, 2.05) is 48.5 Å². The molecule has 2 rings (SSSR count). The fourth-order valence-corrected chi connectivity index (χ4v) is 4.51. The SMILES string of the molecule is CC(C)[C@H](NC(=O)CCOCCOCCOCCOCCNC(=O)CC[C-]=O)C(=O)N[C@@H](CCCNC(N)=O)C(=O)O.[CH2-]c1ccccc1C#Cc1[c-]cccc1.[Li+]. The van der Waals surface area contributed by atoms with Gasteiger partial charge in [0.05, 0.1) is 52.9 Å². The summed E-state index contributed by atoms with van der Waals surface area (Å²) in [7, 11) is 0. The van der Waals surface area contributed by atoms with Crippen molar-refractivity contribution in [3.05, 3.63) is 78.2 Å². The number of aliphatic carboxylic acids is 1. The zero-order valence-electron chi connectivity index (χ0n) is 33.8. The molecule has 0 fully saturated rings. The average molecular weight is 802 g/mol. The molecule has 16 nitrogen and oxygen atoms in total. The third kappa shape index (κ3) is 27.7. The van der Waals surface area contributed by atoms with E-state index in [2.05, 4.69) is 46.1 Å². The normalized spacial score (nSPS) is 11.2. The quantitative estimate of drug-likeness (QED) is 0.0269. The third-order valence-corrected chi connectivity index (χ3v) is 7.52. The van der Waals surface area contributed by atoms with E-state index >= 15 is 0 Å². The predicted octanol–water partition coefficient (Wildman–Crippen LogP) is -1.32.